The molecule has 0 rings (SSSR count). The van der Waals surface area contributed by atoms with Crippen LogP contribution < -0.4 is 5.73 Å². The highest BCUT2D eigenvalue weighted by Crippen LogP contribution is 2.19. The van der Waals surface area contributed by atoms with E-state index in [1.54, 1.807) is 0 Å². The van der Waals surface area contributed by atoms with E-state index in [9.17, 15) is 9.59 Å². The molecule has 0 aliphatic heterocycles. The number of unbranched alkanes of at least 4 members (excludes halogenated alkanes) is 1. The molecule has 0 saturated carbocycles. The van der Waals surface area contributed by atoms with Gasteiger partial charge in [0.1, 0.15) is 6.04 Å². The molecule has 17 heavy (non-hydrogen) atoms. The number of carbonyl (C=O) groups is 2. The first-order chi connectivity index (χ1) is 7.84. The highest BCUT2D eigenvalue weighted by molar-refractivity contribution is 5.73. The molecule has 100 valence electrons. The van der Waals surface area contributed by atoms with Gasteiger partial charge in [-0.1, -0.05) is 26.7 Å². The highest BCUT2D eigenvalue weighted by Gasteiger charge is 2.18. The van der Waals surface area contributed by atoms with Crippen LogP contribution in [0.4, 0.5) is 0 Å². The third-order valence-corrected chi connectivity index (χ3v) is 2.74. The lowest BCUT2D eigenvalue weighted by molar-refractivity contribution is -0.143. The molecule has 0 bridgehead atoms. The van der Waals surface area contributed by atoms with Gasteiger partial charge in [-0.25, -0.2) is 0 Å². The number of aliphatic carboxylic acids is 2. The second kappa shape index (κ2) is 8.06. The first-order valence-electron chi connectivity index (χ1n) is 6.05. The van der Waals surface area contributed by atoms with Crippen LogP contribution in [-0.4, -0.2) is 28.2 Å². The summed E-state index contributed by atoms with van der Waals surface area (Å²) in [4.78, 5) is 21.4. The smallest absolute Gasteiger partial charge is 0.320 e. The van der Waals surface area contributed by atoms with Gasteiger partial charge >= 0.3 is 11.9 Å². The Morgan fingerprint density at radius 1 is 1.06 bits per heavy atom. The van der Waals surface area contributed by atoms with E-state index in [0.717, 1.165) is 0 Å². The maximum absolute atomic E-state index is 11.0. The highest BCUT2D eigenvalue weighted by atomic mass is 16.4. The molecule has 2 atom stereocenters. The Kier molecular flexibility index (Phi) is 7.54. The van der Waals surface area contributed by atoms with E-state index >= 15 is 0 Å². The van der Waals surface area contributed by atoms with Gasteiger partial charge in [0.2, 0.25) is 0 Å². The van der Waals surface area contributed by atoms with Crippen LogP contribution in [-0.2, 0) is 9.59 Å². The fraction of sp³-hybridized carbons (Fsp3) is 0.833. The third kappa shape index (κ3) is 7.74. The van der Waals surface area contributed by atoms with Crippen molar-refractivity contribution in [1.82, 2.24) is 0 Å². The standard InChI is InChI=1S/C12H23NO4/c1-8(2)7-9(11(14)15)5-3-4-6-10(13)12(16)17/h8-10H,3-7,13H2,1-2H3,(H,14,15)(H,16,17). The number of carboxylic acid groups (broad SMARTS) is 2. The number of hydrogen-bond acceptors (Lipinski definition) is 3. The summed E-state index contributed by atoms with van der Waals surface area (Å²) in [5.41, 5.74) is 5.36. The van der Waals surface area contributed by atoms with E-state index in [1.165, 1.54) is 0 Å². The number of rotatable bonds is 9. The minimum Gasteiger partial charge on any atom is -0.481 e. The van der Waals surface area contributed by atoms with Crippen LogP contribution in [0.25, 0.3) is 0 Å². The van der Waals surface area contributed by atoms with Crippen molar-refractivity contribution in [2.75, 3.05) is 0 Å². The molecule has 0 radical (unpaired) electrons. The average molecular weight is 245 g/mol. The molecular formula is C12H23NO4. The molecule has 0 spiro atoms. The maximum atomic E-state index is 11.0. The molecule has 5 heteroatoms. The Bertz CT molecular complexity index is 253. The molecule has 4 N–H and O–H groups in total. The maximum Gasteiger partial charge on any atom is 0.320 e. The van der Waals surface area contributed by atoms with Crippen LogP contribution in [0, 0.1) is 11.8 Å². The van der Waals surface area contributed by atoms with E-state index in [4.69, 9.17) is 15.9 Å². The van der Waals surface area contributed by atoms with Gasteiger partial charge in [0.25, 0.3) is 0 Å². The van der Waals surface area contributed by atoms with Crippen LogP contribution in [0.15, 0.2) is 0 Å². The molecule has 0 aromatic rings. The third-order valence-electron chi connectivity index (χ3n) is 2.74. The van der Waals surface area contributed by atoms with Crippen molar-refractivity contribution in [3.8, 4) is 0 Å². The predicted octanol–water partition coefficient (Wildman–Crippen LogP) is 1.71. The summed E-state index contributed by atoms with van der Waals surface area (Å²) in [7, 11) is 0. The normalized spacial score (nSPS) is 14.6. The minimum atomic E-state index is -0.998. The Balaban J connectivity index is 3.83. The molecule has 0 aliphatic rings. The molecular weight excluding hydrogens is 222 g/mol. The van der Waals surface area contributed by atoms with Gasteiger partial charge in [0, 0.05) is 0 Å². The van der Waals surface area contributed by atoms with Crippen LogP contribution in [0.5, 0.6) is 0 Å². The Hall–Kier alpha value is -1.10. The van der Waals surface area contributed by atoms with E-state index in [0.29, 0.717) is 38.0 Å². The van der Waals surface area contributed by atoms with Crippen molar-refractivity contribution in [3.63, 3.8) is 0 Å². The Morgan fingerprint density at radius 2 is 1.59 bits per heavy atom. The van der Waals surface area contributed by atoms with E-state index in [2.05, 4.69) is 0 Å². The van der Waals surface area contributed by atoms with Crippen molar-refractivity contribution >= 4 is 11.9 Å². The number of hydrogen-bond donors (Lipinski definition) is 3. The van der Waals surface area contributed by atoms with Crippen LogP contribution in [0.1, 0.15) is 46.0 Å². The topological polar surface area (TPSA) is 101 Å². The van der Waals surface area contributed by atoms with Gasteiger partial charge in [0.05, 0.1) is 5.92 Å². The minimum absolute atomic E-state index is 0.323. The van der Waals surface area contributed by atoms with E-state index in [-0.39, 0.29) is 5.92 Å². The average Bonchev–Trinajstić information content (AvgIpc) is 2.21. The molecule has 0 fully saturated rings. The molecule has 2 unspecified atom stereocenters. The summed E-state index contributed by atoms with van der Waals surface area (Å²) >= 11 is 0. The Morgan fingerprint density at radius 3 is 2.00 bits per heavy atom. The monoisotopic (exact) mass is 245 g/mol. The first-order valence-corrected chi connectivity index (χ1v) is 6.05. The van der Waals surface area contributed by atoms with Crippen molar-refractivity contribution in [2.45, 2.75) is 52.0 Å². The van der Waals surface area contributed by atoms with Gasteiger partial charge in [-0.3, -0.25) is 9.59 Å². The second-order valence-corrected chi connectivity index (χ2v) is 4.89. The van der Waals surface area contributed by atoms with Crippen molar-refractivity contribution in [2.24, 2.45) is 17.6 Å². The van der Waals surface area contributed by atoms with Crippen LogP contribution >= 0.6 is 0 Å². The van der Waals surface area contributed by atoms with E-state index in [1.807, 2.05) is 13.8 Å². The molecule has 0 aromatic heterocycles. The van der Waals surface area contributed by atoms with Crippen molar-refractivity contribution in [1.29, 1.82) is 0 Å². The van der Waals surface area contributed by atoms with Crippen LogP contribution in [0.2, 0.25) is 0 Å². The largest absolute Gasteiger partial charge is 0.481 e. The second-order valence-electron chi connectivity index (χ2n) is 4.89. The van der Waals surface area contributed by atoms with Gasteiger partial charge in [-0.15, -0.1) is 0 Å². The van der Waals surface area contributed by atoms with Crippen molar-refractivity contribution in [3.05, 3.63) is 0 Å². The van der Waals surface area contributed by atoms with Crippen LogP contribution in [0.3, 0.4) is 0 Å². The predicted molar refractivity (Wildman–Crippen MR) is 64.7 cm³/mol. The molecule has 0 heterocycles. The number of nitrogens with two attached hydrogens (primary N) is 1. The number of carboxylic acids is 2. The van der Waals surface area contributed by atoms with Gasteiger partial charge in [-0.2, -0.15) is 0 Å². The molecule has 5 nitrogen and oxygen atoms in total. The van der Waals surface area contributed by atoms with Gasteiger partial charge in [0.15, 0.2) is 0 Å². The summed E-state index contributed by atoms with van der Waals surface area (Å²) in [5, 5.41) is 17.6. The van der Waals surface area contributed by atoms with Gasteiger partial charge < -0.3 is 15.9 Å². The van der Waals surface area contributed by atoms with E-state index < -0.39 is 18.0 Å². The zero-order chi connectivity index (χ0) is 13.4. The molecule has 0 saturated heterocycles. The molecule has 0 aliphatic carbocycles. The quantitative estimate of drug-likeness (QED) is 0.537. The molecule has 0 amide bonds. The SMILES string of the molecule is CC(C)CC(CCCCC(N)C(=O)O)C(=O)O. The fourth-order valence-electron chi connectivity index (χ4n) is 1.79. The summed E-state index contributed by atoms with van der Waals surface area (Å²) in [6, 6.07) is -0.830. The summed E-state index contributed by atoms with van der Waals surface area (Å²) < 4.78 is 0. The summed E-state index contributed by atoms with van der Waals surface area (Å²) in [6.45, 7) is 3.99. The van der Waals surface area contributed by atoms with Gasteiger partial charge in [-0.05, 0) is 25.2 Å². The lowest BCUT2D eigenvalue weighted by Crippen LogP contribution is -2.29. The fourth-order valence-corrected chi connectivity index (χ4v) is 1.79. The lowest BCUT2D eigenvalue weighted by Gasteiger charge is -2.14. The molecule has 0 aromatic carbocycles. The Labute approximate surface area is 102 Å². The summed E-state index contributed by atoms with van der Waals surface area (Å²) in [6.07, 6.45) is 3.05. The zero-order valence-corrected chi connectivity index (χ0v) is 10.6. The zero-order valence-electron chi connectivity index (χ0n) is 10.6. The lowest BCUT2D eigenvalue weighted by atomic mass is 9.92. The summed E-state index contributed by atoms with van der Waals surface area (Å²) in [5.74, 6) is -1.73. The first kappa shape index (κ1) is 15.9. The van der Waals surface area contributed by atoms with Crippen molar-refractivity contribution < 1.29 is 19.8 Å².